The first-order valence-electron chi connectivity index (χ1n) is 8.16. The molecule has 0 bridgehead atoms. The highest BCUT2D eigenvalue weighted by Gasteiger charge is 2.23. The first kappa shape index (κ1) is 14.6. The summed E-state index contributed by atoms with van der Waals surface area (Å²) >= 11 is 0. The third-order valence-corrected chi connectivity index (χ3v) is 4.18. The standard InChI is InChI=1S/C20H18N4/c1-14-11-16(7-9-21-14)3-6-19-13-24(15(2)23-19)20-12-18(8-10-22-20)17-4-5-17/h7-13,17H,4-5H2,1-2H3. The zero-order valence-corrected chi connectivity index (χ0v) is 13.8. The van der Waals surface area contributed by atoms with Crippen molar-refractivity contribution in [3.05, 3.63) is 71.2 Å². The van der Waals surface area contributed by atoms with Crippen molar-refractivity contribution in [2.75, 3.05) is 0 Å². The van der Waals surface area contributed by atoms with E-state index in [4.69, 9.17) is 0 Å². The summed E-state index contributed by atoms with van der Waals surface area (Å²) < 4.78 is 2.01. The molecule has 1 aliphatic carbocycles. The number of aryl methyl sites for hydroxylation is 2. The maximum absolute atomic E-state index is 4.55. The van der Waals surface area contributed by atoms with Crippen LogP contribution in [0.4, 0.5) is 0 Å². The van der Waals surface area contributed by atoms with Crippen molar-refractivity contribution in [3.8, 4) is 17.7 Å². The Labute approximate surface area is 141 Å². The second-order valence-electron chi connectivity index (χ2n) is 6.20. The molecular formula is C20H18N4. The van der Waals surface area contributed by atoms with Crippen LogP contribution < -0.4 is 0 Å². The first-order chi connectivity index (χ1) is 11.7. The zero-order valence-electron chi connectivity index (χ0n) is 13.8. The van der Waals surface area contributed by atoms with Crippen molar-refractivity contribution in [1.29, 1.82) is 0 Å². The maximum Gasteiger partial charge on any atom is 0.138 e. The van der Waals surface area contributed by atoms with Crippen molar-refractivity contribution in [3.63, 3.8) is 0 Å². The third kappa shape index (κ3) is 3.07. The molecule has 24 heavy (non-hydrogen) atoms. The molecule has 4 rings (SSSR count). The van der Waals surface area contributed by atoms with E-state index in [1.807, 2.05) is 42.9 Å². The molecule has 0 aromatic carbocycles. The van der Waals surface area contributed by atoms with Gasteiger partial charge < -0.3 is 0 Å². The molecule has 1 saturated carbocycles. The quantitative estimate of drug-likeness (QED) is 0.679. The van der Waals surface area contributed by atoms with Crippen molar-refractivity contribution >= 4 is 0 Å². The summed E-state index contributed by atoms with van der Waals surface area (Å²) in [5, 5.41) is 0. The van der Waals surface area contributed by atoms with E-state index in [-0.39, 0.29) is 0 Å². The fourth-order valence-electron chi connectivity index (χ4n) is 2.76. The largest absolute Gasteiger partial charge is 0.287 e. The van der Waals surface area contributed by atoms with E-state index < -0.39 is 0 Å². The van der Waals surface area contributed by atoms with Crippen LogP contribution in [-0.4, -0.2) is 19.5 Å². The van der Waals surface area contributed by atoms with Gasteiger partial charge in [0.25, 0.3) is 0 Å². The topological polar surface area (TPSA) is 43.6 Å². The molecule has 0 radical (unpaired) electrons. The minimum Gasteiger partial charge on any atom is -0.287 e. The van der Waals surface area contributed by atoms with Gasteiger partial charge in [0, 0.05) is 29.8 Å². The molecule has 118 valence electrons. The molecule has 0 amide bonds. The van der Waals surface area contributed by atoms with Gasteiger partial charge in [-0.15, -0.1) is 0 Å². The van der Waals surface area contributed by atoms with Gasteiger partial charge in [0.2, 0.25) is 0 Å². The van der Waals surface area contributed by atoms with Crippen LogP contribution >= 0.6 is 0 Å². The number of imidazole rings is 1. The summed E-state index contributed by atoms with van der Waals surface area (Å²) in [6, 6.07) is 8.15. The lowest BCUT2D eigenvalue weighted by atomic mass is 10.2. The predicted octanol–water partition coefficient (Wildman–Crippen LogP) is 3.56. The van der Waals surface area contributed by atoms with Crippen LogP contribution in [-0.2, 0) is 0 Å². The molecule has 0 N–H and O–H groups in total. The third-order valence-electron chi connectivity index (χ3n) is 4.18. The van der Waals surface area contributed by atoms with Crippen LogP contribution in [0.2, 0.25) is 0 Å². The predicted molar refractivity (Wildman–Crippen MR) is 93.0 cm³/mol. The van der Waals surface area contributed by atoms with E-state index in [2.05, 4.69) is 38.9 Å². The van der Waals surface area contributed by atoms with E-state index in [0.29, 0.717) is 5.92 Å². The second kappa shape index (κ2) is 5.93. The normalized spacial score (nSPS) is 13.4. The van der Waals surface area contributed by atoms with Gasteiger partial charge in [0.05, 0.1) is 0 Å². The Morgan fingerprint density at radius 2 is 1.88 bits per heavy atom. The molecule has 0 atom stereocenters. The molecule has 4 heteroatoms. The van der Waals surface area contributed by atoms with E-state index in [9.17, 15) is 0 Å². The molecule has 0 saturated heterocycles. The molecule has 0 spiro atoms. The fourth-order valence-corrected chi connectivity index (χ4v) is 2.76. The lowest BCUT2D eigenvalue weighted by molar-refractivity contribution is 0.923. The summed E-state index contributed by atoms with van der Waals surface area (Å²) in [6.45, 7) is 3.94. The van der Waals surface area contributed by atoms with Gasteiger partial charge in [-0.3, -0.25) is 9.55 Å². The molecule has 0 aliphatic heterocycles. The molecule has 1 fully saturated rings. The summed E-state index contributed by atoms with van der Waals surface area (Å²) in [6.07, 6.45) is 8.18. The first-order valence-corrected chi connectivity index (χ1v) is 8.16. The minimum absolute atomic E-state index is 0.713. The number of pyridine rings is 2. The zero-order chi connectivity index (χ0) is 16.5. The van der Waals surface area contributed by atoms with Gasteiger partial charge in [-0.1, -0.05) is 5.92 Å². The van der Waals surface area contributed by atoms with Gasteiger partial charge >= 0.3 is 0 Å². The van der Waals surface area contributed by atoms with E-state index in [0.717, 1.165) is 28.6 Å². The SMILES string of the molecule is Cc1cc(C#Cc2cn(-c3cc(C4CC4)ccn3)c(C)n2)ccn1. The minimum atomic E-state index is 0.713. The van der Waals surface area contributed by atoms with Gasteiger partial charge in [0.1, 0.15) is 17.3 Å². The van der Waals surface area contributed by atoms with Crippen molar-refractivity contribution in [1.82, 2.24) is 19.5 Å². The Hall–Kier alpha value is -2.93. The highest BCUT2D eigenvalue weighted by molar-refractivity contribution is 5.41. The van der Waals surface area contributed by atoms with Gasteiger partial charge in [-0.25, -0.2) is 9.97 Å². The smallest absolute Gasteiger partial charge is 0.138 e. The van der Waals surface area contributed by atoms with Crippen molar-refractivity contribution < 1.29 is 0 Å². The van der Waals surface area contributed by atoms with Crippen LogP contribution in [0, 0.1) is 25.7 Å². The van der Waals surface area contributed by atoms with E-state index in [1.54, 1.807) is 6.20 Å². The fraction of sp³-hybridized carbons (Fsp3) is 0.250. The molecule has 1 aliphatic rings. The molecule has 3 heterocycles. The lowest BCUT2D eigenvalue weighted by Crippen LogP contribution is -1.99. The summed E-state index contributed by atoms with van der Waals surface area (Å²) in [5.74, 6) is 8.80. The average Bonchev–Trinajstić information content (AvgIpc) is 3.36. The molecule has 3 aromatic heterocycles. The Bertz CT molecular complexity index is 955. The molecule has 3 aromatic rings. The van der Waals surface area contributed by atoms with Crippen molar-refractivity contribution in [2.45, 2.75) is 32.6 Å². The second-order valence-corrected chi connectivity index (χ2v) is 6.20. The van der Waals surface area contributed by atoms with E-state index >= 15 is 0 Å². The van der Waals surface area contributed by atoms with Crippen LogP contribution in [0.15, 0.2) is 42.9 Å². The number of hydrogen-bond acceptors (Lipinski definition) is 3. The van der Waals surface area contributed by atoms with Gasteiger partial charge in [0.15, 0.2) is 0 Å². The van der Waals surface area contributed by atoms with Crippen LogP contribution in [0.3, 0.4) is 0 Å². The van der Waals surface area contributed by atoms with Gasteiger partial charge in [-0.2, -0.15) is 0 Å². The highest BCUT2D eigenvalue weighted by Crippen LogP contribution is 2.40. The maximum atomic E-state index is 4.55. The summed E-state index contributed by atoms with van der Waals surface area (Å²) in [7, 11) is 0. The Balaban J connectivity index is 1.64. The van der Waals surface area contributed by atoms with Crippen molar-refractivity contribution in [2.24, 2.45) is 0 Å². The molecule has 0 unspecified atom stereocenters. The molecule has 4 nitrogen and oxygen atoms in total. The summed E-state index contributed by atoms with van der Waals surface area (Å²) in [5.41, 5.74) is 4.03. The number of nitrogens with zero attached hydrogens (tertiary/aromatic N) is 4. The highest BCUT2D eigenvalue weighted by atomic mass is 15.1. The van der Waals surface area contributed by atoms with E-state index in [1.165, 1.54) is 18.4 Å². The Morgan fingerprint density at radius 3 is 2.67 bits per heavy atom. The van der Waals surface area contributed by atoms with Crippen LogP contribution in [0.1, 0.15) is 47.1 Å². The van der Waals surface area contributed by atoms with Gasteiger partial charge in [-0.05, 0) is 68.4 Å². The number of hydrogen-bond donors (Lipinski definition) is 0. The van der Waals surface area contributed by atoms with Crippen LogP contribution in [0.25, 0.3) is 5.82 Å². The molecular weight excluding hydrogens is 296 g/mol. The van der Waals surface area contributed by atoms with Crippen LogP contribution in [0.5, 0.6) is 0 Å². The number of aromatic nitrogens is 4. The Kier molecular flexibility index (Phi) is 3.62. The lowest BCUT2D eigenvalue weighted by Gasteiger charge is -2.05. The number of rotatable bonds is 2. The monoisotopic (exact) mass is 314 g/mol. The average molecular weight is 314 g/mol. The summed E-state index contributed by atoms with van der Waals surface area (Å²) in [4.78, 5) is 13.2. The Morgan fingerprint density at radius 1 is 1.04 bits per heavy atom.